The third-order valence-electron chi connectivity index (χ3n) is 5.95. The van der Waals surface area contributed by atoms with Crippen molar-refractivity contribution in [2.45, 2.75) is 57.0 Å². The molecule has 25 heavy (non-hydrogen) atoms. The van der Waals surface area contributed by atoms with Crippen LogP contribution in [0.1, 0.15) is 45.4 Å². The number of nitrogens with zero attached hydrogens (tertiary/aromatic N) is 2. The summed E-state index contributed by atoms with van der Waals surface area (Å²) < 4.78 is 0. The van der Waals surface area contributed by atoms with Gasteiger partial charge in [-0.05, 0) is 50.3 Å². The number of amides is 2. The second-order valence-corrected chi connectivity index (χ2v) is 7.84. The van der Waals surface area contributed by atoms with Gasteiger partial charge in [-0.2, -0.15) is 0 Å². The number of hydrogen-bond acceptors (Lipinski definition) is 3. The molecule has 4 rings (SSSR count). The highest BCUT2D eigenvalue weighted by molar-refractivity contribution is 5.94. The van der Waals surface area contributed by atoms with Crippen LogP contribution in [-0.4, -0.2) is 43.8 Å². The number of piperidine rings is 1. The molecule has 0 radical (unpaired) electrons. The maximum Gasteiger partial charge on any atom is 0.321 e. The molecule has 5 heteroatoms. The van der Waals surface area contributed by atoms with Gasteiger partial charge in [-0.15, -0.1) is 0 Å². The van der Waals surface area contributed by atoms with Crippen molar-refractivity contribution >= 4 is 17.4 Å². The van der Waals surface area contributed by atoms with Crippen LogP contribution in [0.15, 0.2) is 24.3 Å². The van der Waals surface area contributed by atoms with Gasteiger partial charge in [0.25, 0.3) is 0 Å². The highest BCUT2D eigenvalue weighted by Gasteiger charge is 2.43. The number of anilines is 2. The highest BCUT2D eigenvalue weighted by Crippen LogP contribution is 2.41. The van der Waals surface area contributed by atoms with E-state index in [1.54, 1.807) is 0 Å². The zero-order chi connectivity index (χ0) is 17.3. The summed E-state index contributed by atoms with van der Waals surface area (Å²) in [5.41, 5.74) is 2.72. The fraction of sp³-hybridized carbons (Fsp3) is 0.650. The normalized spacial score (nSPS) is 23.0. The third-order valence-corrected chi connectivity index (χ3v) is 5.95. The van der Waals surface area contributed by atoms with Crippen molar-refractivity contribution in [1.29, 1.82) is 0 Å². The number of hydrogen-bond donors (Lipinski definition) is 2. The predicted octanol–water partition coefficient (Wildman–Crippen LogP) is 3.11. The number of carbonyl (C=O) groups is 1. The van der Waals surface area contributed by atoms with E-state index in [2.05, 4.69) is 40.7 Å². The number of rotatable bonds is 6. The maximum absolute atomic E-state index is 11.9. The van der Waals surface area contributed by atoms with Crippen molar-refractivity contribution in [2.75, 3.05) is 36.0 Å². The van der Waals surface area contributed by atoms with Gasteiger partial charge < -0.3 is 15.5 Å². The molecular weight excluding hydrogens is 312 g/mol. The van der Waals surface area contributed by atoms with E-state index >= 15 is 0 Å². The molecule has 0 unspecified atom stereocenters. The van der Waals surface area contributed by atoms with E-state index in [9.17, 15) is 4.79 Å². The van der Waals surface area contributed by atoms with Crippen LogP contribution in [-0.2, 0) is 0 Å². The largest absolute Gasteiger partial charge is 0.371 e. The van der Waals surface area contributed by atoms with E-state index in [0.29, 0.717) is 11.6 Å². The van der Waals surface area contributed by atoms with Gasteiger partial charge in [0.05, 0.1) is 0 Å². The SMILES string of the molecule is CCCC1(NC2CCN(c3cccc(N4CCNC4=O)c3)CC2)CC1. The number of nitrogens with one attached hydrogen (secondary N) is 2. The lowest BCUT2D eigenvalue weighted by atomic mass is 10.0. The van der Waals surface area contributed by atoms with Gasteiger partial charge in [-0.3, -0.25) is 4.90 Å². The topological polar surface area (TPSA) is 47.6 Å². The second kappa shape index (κ2) is 6.87. The van der Waals surface area contributed by atoms with Gasteiger partial charge >= 0.3 is 6.03 Å². The van der Waals surface area contributed by atoms with E-state index in [1.165, 1.54) is 44.2 Å². The molecule has 5 nitrogen and oxygen atoms in total. The molecule has 0 aromatic heterocycles. The van der Waals surface area contributed by atoms with Gasteiger partial charge in [0.15, 0.2) is 0 Å². The Bertz CT molecular complexity index is 620. The Morgan fingerprint density at radius 1 is 1.20 bits per heavy atom. The summed E-state index contributed by atoms with van der Waals surface area (Å²) in [4.78, 5) is 16.2. The molecule has 0 spiro atoms. The fourth-order valence-corrected chi connectivity index (χ4v) is 4.39. The van der Waals surface area contributed by atoms with Crippen LogP contribution < -0.4 is 20.4 Å². The molecule has 2 aliphatic heterocycles. The van der Waals surface area contributed by atoms with Crippen LogP contribution >= 0.6 is 0 Å². The zero-order valence-corrected chi connectivity index (χ0v) is 15.3. The van der Waals surface area contributed by atoms with E-state index in [1.807, 2.05) is 11.0 Å². The zero-order valence-electron chi connectivity index (χ0n) is 15.3. The Hall–Kier alpha value is -1.75. The molecule has 0 atom stereocenters. The molecular formula is C20H30N4O. The summed E-state index contributed by atoms with van der Waals surface area (Å²) in [6.45, 7) is 5.97. The average molecular weight is 342 g/mol. The molecule has 1 aromatic rings. The quantitative estimate of drug-likeness (QED) is 0.835. The first-order valence-corrected chi connectivity index (χ1v) is 9.87. The lowest BCUT2D eigenvalue weighted by Crippen LogP contribution is -2.47. The predicted molar refractivity (Wildman–Crippen MR) is 102 cm³/mol. The Morgan fingerprint density at radius 2 is 1.96 bits per heavy atom. The molecule has 2 N–H and O–H groups in total. The van der Waals surface area contributed by atoms with Crippen LogP contribution in [0.4, 0.5) is 16.2 Å². The minimum Gasteiger partial charge on any atom is -0.371 e. The Balaban J connectivity index is 1.35. The first kappa shape index (κ1) is 16.7. The molecule has 2 heterocycles. The highest BCUT2D eigenvalue weighted by atomic mass is 16.2. The first-order chi connectivity index (χ1) is 12.2. The van der Waals surface area contributed by atoms with Crippen LogP contribution in [0.25, 0.3) is 0 Å². The molecule has 0 bridgehead atoms. The minimum absolute atomic E-state index is 0.0192. The standard InChI is InChI=1S/C20H30N4O/c1-2-8-20(9-10-20)22-16-6-12-23(13-7-16)17-4-3-5-18(15-17)24-14-11-21-19(24)25/h3-5,15-16,22H,2,6-14H2,1H3,(H,21,25). The van der Waals surface area contributed by atoms with Crippen LogP contribution in [0.3, 0.4) is 0 Å². The lowest BCUT2D eigenvalue weighted by Gasteiger charge is -2.36. The lowest BCUT2D eigenvalue weighted by molar-refractivity contribution is 0.252. The molecule has 3 aliphatic rings. The number of benzene rings is 1. The van der Waals surface area contributed by atoms with Crippen molar-refractivity contribution in [3.63, 3.8) is 0 Å². The average Bonchev–Trinajstić information content (AvgIpc) is 3.24. The Kier molecular flexibility index (Phi) is 4.59. The summed E-state index contributed by atoms with van der Waals surface area (Å²) in [5, 5.41) is 6.83. The summed E-state index contributed by atoms with van der Waals surface area (Å²) in [6.07, 6.45) is 7.75. The van der Waals surface area contributed by atoms with E-state index in [4.69, 9.17) is 0 Å². The molecule has 2 saturated heterocycles. The summed E-state index contributed by atoms with van der Waals surface area (Å²) >= 11 is 0. The second-order valence-electron chi connectivity index (χ2n) is 7.84. The Morgan fingerprint density at radius 3 is 2.60 bits per heavy atom. The fourth-order valence-electron chi connectivity index (χ4n) is 4.39. The maximum atomic E-state index is 11.9. The van der Waals surface area contributed by atoms with E-state index in [-0.39, 0.29) is 6.03 Å². The monoisotopic (exact) mass is 342 g/mol. The number of urea groups is 1. The van der Waals surface area contributed by atoms with Crippen molar-refractivity contribution in [1.82, 2.24) is 10.6 Å². The molecule has 1 saturated carbocycles. The van der Waals surface area contributed by atoms with E-state index in [0.717, 1.165) is 31.9 Å². The number of carbonyl (C=O) groups excluding carboxylic acids is 1. The Labute approximate surface area is 150 Å². The van der Waals surface area contributed by atoms with Crippen molar-refractivity contribution < 1.29 is 4.79 Å². The van der Waals surface area contributed by atoms with E-state index < -0.39 is 0 Å². The van der Waals surface area contributed by atoms with Gasteiger partial charge in [0, 0.05) is 49.1 Å². The van der Waals surface area contributed by atoms with Crippen LogP contribution in [0.2, 0.25) is 0 Å². The smallest absolute Gasteiger partial charge is 0.321 e. The summed E-state index contributed by atoms with van der Waals surface area (Å²) in [7, 11) is 0. The summed E-state index contributed by atoms with van der Waals surface area (Å²) in [6, 6.07) is 9.12. The van der Waals surface area contributed by atoms with Gasteiger partial charge in [-0.1, -0.05) is 19.4 Å². The molecule has 136 valence electrons. The minimum atomic E-state index is 0.0192. The van der Waals surface area contributed by atoms with Crippen molar-refractivity contribution in [2.24, 2.45) is 0 Å². The molecule has 1 aromatic carbocycles. The van der Waals surface area contributed by atoms with Gasteiger partial charge in [0.2, 0.25) is 0 Å². The van der Waals surface area contributed by atoms with Crippen LogP contribution in [0, 0.1) is 0 Å². The van der Waals surface area contributed by atoms with Crippen LogP contribution in [0.5, 0.6) is 0 Å². The van der Waals surface area contributed by atoms with Gasteiger partial charge in [-0.25, -0.2) is 4.79 Å². The first-order valence-electron chi connectivity index (χ1n) is 9.87. The molecule has 3 fully saturated rings. The van der Waals surface area contributed by atoms with Gasteiger partial charge in [0.1, 0.15) is 0 Å². The summed E-state index contributed by atoms with van der Waals surface area (Å²) in [5.74, 6) is 0. The van der Waals surface area contributed by atoms with Crippen molar-refractivity contribution in [3.05, 3.63) is 24.3 Å². The van der Waals surface area contributed by atoms with Crippen molar-refractivity contribution in [3.8, 4) is 0 Å². The molecule has 1 aliphatic carbocycles. The molecule has 2 amide bonds. The third kappa shape index (κ3) is 3.61.